The number of anilines is 1. The standard InChI is InChI=1S/C17H25N3O.2ClH/c1-14-4-2-6-16(12-14)19-8-10-20(11-9-19)17(21)15-5-3-7-18-13-15;;/h2,4,6,12,15,18H,3,5,7-11,13H2,1H3;2*1H. The number of carbonyl (C=O) groups excluding carboxylic acids is 1. The largest absolute Gasteiger partial charge is 0.368 e. The number of piperidine rings is 1. The molecule has 0 saturated carbocycles. The molecule has 1 amide bonds. The number of halogens is 2. The summed E-state index contributed by atoms with van der Waals surface area (Å²) < 4.78 is 0. The van der Waals surface area contributed by atoms with Crippen molar-refractivity contribution in [3.63, 3.8) is 0 Å². The van der Waals surface area contributed by atoms with Gasteiger partial charge in [-0.25, -0.2) is 0 Å². The molecule has 1 N–H and O–H groups in total. The number of amides is 1. The van der Waals surface area contributed by atoms with E-state index in [1.54, 1.807) is 0 Å². The molecule has 0 bridgehead atoms. The maximum atomic E-state index is 12.5. The van der Waals surface area contributed by atoms with Crippen LogP contribution < -0.4 is 10.2 Å². The lowest BCUT2D eigenvalue weighted by atomic mass is 9.98. The average Bonchev–Trinajstić information content (AvgIpc) is 2.55. The molecule has 0 spiro atoms. The number of carbonyl (C=O) groups is 1. The molecule has 1 atom stereocenters. The fourth-order valence-electron chi connectivity index (χ4n) is 3.33. The minimum Gasteiger partial charge on any atom is -0.368 e. The molecular formula is C17H27Cl2N3O. The predicted octanol–water partition coefficient (Wildman–Crippen LogP) is 2.49. The van der Waals surface area contributed by atoms with Gasteiger partial charge in [-0.05, 0) is 44.0 Å². The number of aryl methyl sites for hydroxylation is 1. The van der Waals surface area contributed by atoms with Gasteiger partial charge in [0.05, 0.1) is 5.92 Å². The Bertz CT molecular complexity index is 498. The first kappa shape index (κ1) is 20.1. The lowest BCUT2D eigenvalue weighted by Crippen LogP contribution is -2.52. The highest BCUT2D eigenvalue weighted by Gasteiger charge is 2.28. The lowest BCUT2D eigenvalue weighted by molar-refractivity contribution is -0.136. The zero-order valence-corrected chi connectivity index (χ0v) is 15.3. The van der Waals surface area contributed by atoms with E-state index < -0.39 is 0 Å². The van der Waals surface area contributed by atoms with Gasteiger partial charge in [0.15, 0.2) is 0 Å². The first-order valence-electron chi connectivity index (χ1n) is 8.05. The number of piperazine rings is 1. The molecular weight excluding hydrogens is 333 g/mol. The molecule has 130 valence electrons. The average molecular weight is 360 g/mol. The van der Waals surface area contributed by atoms with Crippen molar-refractivity contribution in [3.8, 4) is 0 Å². The fraction of sp³-hybridized carbons (Fsp3) is 0.588. The minimum absolute atomic E-state index is 0. The van der Waals surface area contributed by atoms with Crippen LogP contribution >= 0.6 is 24.8 Å². The number of hydrogen-bond donors (Lipinski definition) is 1. The van der Waals surface area contributed by atoms with Crippen molar-refractivity contribution in [1.82, 2.24) is 10.2 Å². The molecule has 23 heavy (non-hydrogen) atoms. The Morgan fingerprint density at radius 3 is 2.52 bits per heavy atom. The van der Waals surface area contributed by atoms with Gasteiger partial charge in [0.2, 0.25) is 5.91 Å². The summed E-state index contributed by atoms with van der Waals surface area (Å²) in [6.07, 6.45) is 2.17. The van der Waals surface area contributed by atoms with Gasteiger partial charge in [0.1, 0.15) is 0 Å². The first-order chi connectivity index (χ1) is 10.2. The smallest absolute Gasteiger partial charge is 0.227 e. The van der Waals surface area contributed by atoms with Crippen LogP contribution in [0.5, 0.6) is 0 Å². The molecule has 0 radical (unpaired) electrons. The fourth-order valence-corrected chi connectivity index (χ4v) is 3.33. The van der Waals surface area contributed by atoms with E-state index in [9.17, 15) is 4.79 Å². The predicted molar refractivity (Wildman–Crippen MR) is 100 cm³/mol. The van der Waals surface area contributed by atoms with Crippen molar-refractivity contribution in [2.75, 3.05) is 44.2 Å². The molecule has 1 aromatic rings. The first-order valence-corrected chi connectivity index (χ1v) is 8.05. The molecule has 2 aliphatic rings. The maximum absolute atomic E-state index is 12.5. The zero-order valence-electron chi connectivity index (χ0n) is 13.7. The van der Waals surface area contributed by atoms with E-state index in [1.165, 1.54) is 11.3 Å². The van der Waals surface area contributed by atoms with Gasteiger partial charge < -0.3 is 15.1 Å². The van der Waals surface area contributed by atoms with E-state index in [0.29, 0.717) is 5.91 Å². The van der Waals surface area contributed by atoms with Gasteiger partial charge in [-0.15, -0.1) is 24.8 Å². The van der Waals surface area contributed by atoms with Crippen molar-refractivity contribution in [2.24, 2.45) is 5.92 Å². The Morgan fingerprint density at radius 1 is 1.17 bits per heavy atom. The van der Waals surface area contributed by atoms with E-state index >= 15 is 0 Å². The molecule has 1 unspecified atom stereocenters. The second-order valence-electron chi connectivity index (χ2n) is 6.19. The lowest BCUT2D eigenvalue weighted by Gasteiger charge is -2.38. The summed E-state index contributed by atoms with van der Waals surface area (Å²) in [5.74, 6) is 0.551. The molecule has 3 rings (SSSR count). The van der Waals surface area contributed by atoms with Crippen molar-refractivity contribution < 1.29 is 4.79 Å². The molecule has 2 saturated heterocycles. The van der Waals surface area contributed by atoms with Crippen LogP contribution in [0.4, 0.5) is 5.69 Å². The van der Waals surface area contributed by atoms with Crippen molar-refractivity contribution in [3.05, 3.63) is 29.8 Å². The van der Waals surface area contributed by atoms with Crippen molar-refractivity contribution in [1.29, 1.82) is 0 Å². The van der Waals surface area contributed by atoms with Crippen LogP contribution in [0.1, 0.15) is 18.4 Å². The Hall–Kier alpha value is -0.970. The van der Waals surface area contributed by atoms with Crippen LogP contribution in [-0.2, 0) is 4.79 Å². The number of nitrogens with zero attached hydrogens (tertiary/aromatic N) is 2. The Labute approximate surface area is 151 Å². The summed E-state index contributed by atoms with van der Waals surface area (Å²) in [4.78, 5) is 17.0. The number of hydrogen-bond acceptors (Lipinski definition) is 3. The third-order valence-corrected chi connectivity index (χ3v) is 4.60. The zero-order chi connectivity index (χ0) is 14.7. The number of benzene rings is 1. The summed E-state index contributed by atoms with van der Waals surface area (Å²) in [7, 11) is 0. The molecule has 6 heteroatoms. The number of nitrogens with one attached hydrogen (secondary N) is 1. The minimum atomic E-state index is 0. The summed E-state index contributed by atoms with van der Waals surface area (Å²) in [5.41, 5.74) is 2.57. The van der Waals surface area contributed by atoms with E-state index in [-0.39, 0.29) is 30.7 Å². The molecule has 0 aromatic heterocycles. The van der Waals surface area contributed by atoms with Crippen LogP contribution in [0.2, 0.25) is 0 Å². The highest BCUT2D eigenvalue weighted by Crippen LogP contribution is 2.20. The third-order valence-electron chi connectivity index (χ3n) is 4.60. The van der Waals surface area contributed by atoms with E-state index in [2.05, 4.69) is 46.3 Å². The van der Waals surface area contributed by atoms with Gasteiger partial charge in [-0.1, -0.05) is 12.1 Å². The maximum Gasteiger partial charge on any atom is 0.227 e. The molecule has 1 aromatic carbocycles. The van der Waals surface area contributed by atoms with Crippen molar-refractivity contribution in [2.45, 2.75) is 19.8 Å². The molecule has 2 fully saturated rings. The van der Waals surface area contributed by atoms with E-state index in [0.717, 1.165) is 52.1 Å². The Kier molecular flexibility index (Phi) is 8.17. The van der Waals surface area contributed by atoms with Gasteiger partial charge in [-0.2, -0.15) is 0 Å². The highest BCUT2D eigenvalue weighted by atomic mass is 35.5. The molecule has 2 aliphatic heterocycles. The summed E-state index contributed by atoms with van der Waals surface area (Å²) in [5, 5.41) is 3.34. The van der Waals surface area contributed by atoms with Crippen molar-refractivity contribution >= 4 is 36.4 Å². The third kappa shape index (κ3) is 5.00. The van der Waals surface area contributed by atoms with Gasteiger partial charge in [0.25, 0.3) is 0 Å². The summed E-state index contributed by atoms with van der Waals surface area (Å²) in [6, 6.07) is 8.62. The van der Waals surface area contributed by atoms with Crippen LogP contribution in [-0.4, -0.2) is 50.1 Å². The van der Waals surface area contributed by atoms with Gasteiger partial charge in [0, 0.05) is 38.4 Å². The van der Waals surface area contributed by atoms with Crippen LogP contribution in [0.15, 0.2) is 24.3 Å². The monoisotopic (exact) mass is 359 g/mol. The normalized spacial score (nSPS) is 21.2. The Balaban J connectivity index is 0.00000132. The van der Waals surface area contributed by atoms with Gasteiger partial charge >= 0.3 is 0 Å². The van der Waals surface area contributed by atoms with Gasteiger partial charge in [-0.3, -0.25) is 4.79 Å². The SMILES string of the molecule is Cc1cccc(N2CCN(C(=O)C3CCCNC3)CC2)c1.Cl.Cl. The number of rotatable bonds is 2. The van der Waals surface area contributed by atoms with Crippen LogP contribution in [0.25, 0.3) is 0 Å². The highest BCUT2D eigenvalue weighted by molar-refractivity contribution is 5.85. The molecule has 0 aliphatic carbocycles. The molecule has 4 nitrogen and oxygen atoms in total. The summed E-state index contributed by atoms with van der Waals surface area (Å²) in [6.45, 7) is 7.62. The topological polar surface area (TPSA) is 35.6 Å². The quantitative estimate of drug-likeness (QED) is 0.880. The Morgan fingerprint density at radius 2 is 1.91 bits per heavy atom. The van der Waals surface area contributed by atoms with Crippen LogP contribution in [0, 0.1) is 12.8 Å². The van der Waals surface area contributed by atoms with Crippen LogP contribution in [0.3, 0.4) is 0 Å². The summed E-state index contributed by atoms with van der Waals surface area (Å²) >= 11 is 0. The second kappa shape index (κ2) is 9.36. The molecule has 2 heterocycles. The van der Waals surface area contributed by atoms with E-state index in [1.807, 2.05) is 0 Å². The van der Waals surface area contributed by atoms with E-state index in [4.69, 9.17) is 0 Å². The second-order valence-corrected chi connectivity index (χ2v) is 6.19.